The lowest BCUT2D eigenvalue weighted by atomic mass is 10.2. The van der Waals surface area contributed by atoms with Crippen LogP contribution in [-0.2, 0) is 10.0 Å². The molecule has 0 aliphatic rings. The van der Waals surface area contributed by atoms with Crippen molar-refractivity contribution in [3.8, 4) is 6.07 Å². The van der Waals surface area contributed by atoms with Crippen LogP contribution >= 0.6 is 0 Å². The molecule has 0 N–H and O–H groups in total. The molecular weight excluding hydrogens is 250 g/mol. The van der Waals surface area contributed by atoms with Gasteiger partial charge in [0, 0.05) is 31.9 Å². The molecule has 0 saturated carbocycles. The monoisotopic (exact) mass is 267 g/mol. The Morgan fingerprint density at radius 2 is 2.22 bits per heavy atom. The molecule has 0 amide bonds. The number of nitriles is 1. The van der Waals surface area contributed by atoms with E-state index in [2.05, 4.69) is 4.98 Å². The third kappa shape index (κ3) is 3.79. The summed E-state index contributed by atoms with van der Waals surface area (Å²) in [5, 5.41) is 8.60. The van der Waals surface area contributed by atoms with Gasteiger partial charge in [-0.2, -0.15) is 9.57 Å². The predicted molar refractivity (Wildman–Crippen MR) is 68.1 cm³/mol. The molecule has 1 aromatic heterocycles. The maximum atomic E-state index is 12.4. The quantitative estimate of drug-likeness (QED) is 0.785. The molecule has 18 heavy (non-hydrogen) atoms. The molecule has 5 nitrogen and oxygen atoms in total. The molecule has 0 radical (unpaired) electrons. The van der Waals surface area contributed by atoms with Crippen LogP contribution in [0.5, 0.6) is 0 Å². The molecule has 0 bridgehead atoms. The minimum Gasteiger partial charge on any atom is -0.263 e. The molecule has 1 rings (SSSR count). The van der Waals surface area contributed by atoms with Gasteiger partial charge in [-0.1, -0.05) is 13.8 Å². The average Bonchev–Trinajstić information content (AvgIpc) is 2.35. The second-order valence-electron chi connectivity index (χ2n) is 4.35. The largest absolute Gasteiger partial charge is 0.263 e. The summed E-state index contributed by atoms with van der Waals surface area (Å²) in [5.74, 6) is 0.204. The maximum absolute atomic E-state index is 12.4. The van der Waals surface area contributed by atoms with E-state index in [1.165, 1.54) is 22.8 Å². The molecule has 0 aliphatic heterocycles. The van der Waals surface area contributed by atoms with E-state index >= 15 is 0 Å². The summed E-state index contributed by atoms with van der Waals surface area (Å²) in [6.45, 7) is 4.50. The first-order chi connectivity index (χ1) is 8.48. The molecule has 0 aromatic carbocycles. The van der Waals surface area contributed by atoms with E-state index < -0.39 is 10.0 Å². The summed E-state index contributed by atoms with van der Waals surface area (Å²) in [7, 11) is -3.55. The summed E-state index contributed by atoms with van der Waals surface area (Å²) in [6.07, 6.45) is 3.04. The van der Waals surface area contributed by atoms with Gasteiger partial charge < -0.3 is 0 Å². The van der Waals surface area contributed by atoms with Gasteiger partial charge >= 0.3 is 0 Å². The first kappa shape index (κ1) is 14.6. The predicted octanol–water partition coefficient (Wildman–Crippen LogP) is 1.64. The van der Waals surface area contributed by atoms with Crippen molar-refractivity contribution < 1.29 is 8.42 Å². The molecule has 0 fully saturated rings. The molecule has 0 atom stereocenters. The van der Waals surface area contributed by atoms with Gasteiger partial charge in [0.1, 0.15) is 4.90 Å². The maximum Gasteiger partial charge on any atom is 0.244 e. The molecule has 1 heterocycles. The van der Waals surface area contributed by atoms with E-state index in [4.69, 9.17) is 5.26 Å². The highest BCUT2D eigenvalue weighted by Crippen LogP contribution is 2.16. The van der Waals surface area contributed by atoms with Gasteiger partial charge in [0.15, 0.2) is 0 Å². The lowest BCUT2D eigenvalue weighted by molar-refractivity contribution is 0.373. The number of aromatic nitrogens is 1. The lowest BCUT2D eigenvalue weighted by Gasteiger charge is -2.22. The summed E-state index contributed by atoms with van der Waals surface area (Å²) in [6, 6.07) is 5.08. The van der Waals surface area contributed by atoms with Crippen molar-refractivity contribution in [3.05, 3.63) is 24.5 Å². The minimum absolute atomic E-state index is 0.170. The van der Waals surface area contributed by atoms with Crippen LogP contribution in [0.3, 0.4) is 0 Å². The third-order valence-electron chi connectivity index (χ3n) is 2.31. The first-order valence-corrected chi connectivity index (χ1v) is 7.19. The zero-order chi connectivity index (χ0) is 13.6. The van der Waals surface area contributed by atoms with Crippen LogP contribution in [0, 0.1) is 17.2 Å². The van der Waals surface area contributed by atoms with Gasteiger partial charge in [0.2, 0.25) is 10.0 Å². The van der Waals surface area contributed by atoms with E-state index in [0.29, 0.717) is 6.54 Å². The number of hydrogen-bond donors (Lipinski definition) is 0. The zero-order valence-electron chi connectivity index (χ0n) is 10.6. The fourth-order valence-corrected chi connectivity index (χ4v) is 3.11. The third-order valence-corrected chi connectivity index (χ3v) is 4.16. The molecule has 1 aromatic rings. The highest BCUT2D eigenvalue weighted by molar-refractivity contribution is 7.89. The van der Waals surface area contributed by atoms with Crippen molar-refractivity contribution in [1.29, 1.82) is 5.26 Å². The van der Waals surface area contributed by atoms with Gasteiger partial charge in [-0.3, -0.25) is 4.98 Å². The van der Waals surface area contributed by atoms with Gasteiger partial charge in [0.05, 0.1) is 6.07 Å². The highest BCUT2D eigenvalue weighted by atomic mass is 32.2. The molecule has 6 heteroatoms. The molecule has 0 saturated heterocycles. The van der Waals surface area contributed by atoms with Crippen molar-refractivity contribution in [2.75, 3.05) is 13.1 Å². The standard InChI is InChI=1S/C12H17N3O2S/c1-11(2)10-15(8-4-6-13)18(16,17)12-5-3-7-14-9-12/h3,5,7,9,11H,4,8,10H2,1-2H3. The summed E-state index contributed by atoms with van der Waals surface area (Å²) < 4.78 is 26.0. The Labute approximate surface area is 108 Å². The first-order valence-electron chi connectivity index (χ1n) is 5.75. The normalized spacial score (nSPS) is 11.7. The zero-order valence-corrected chi connectivity index (χ0v) is 11.4. The summed E-state index contributed by atoms with van der Waals surface area (Å²) in [5.41, 5.74) is 0. The molecular formula is C12H17N3O2S. The number of sulfonamides is 1. The average molecular weight is 267 g/mol. The molecule has 0 aliphatic carbocycles. The van der Waals surface area contributed by atoms with Crippen molar-refractivity contribution >= 4 is 10.0 Å². The summed E-state index contributed by atoms with van der Waals surface area (Å²) in [4.78, 5) is 3.99. The Balaban J connectivity index is 3.00. The SMILES string of the molecule is CC(C)CN(CCC#N)S(=O)(=O)c1cccnc1. The Hall–Kier alpha value is -1.45. The number of hydrogen-bond acceptors (Lipinski definition) is 4. The van der Waals surface area contributed by atoms with Crippen LogP contribution in [0.1, 0.15) is 20.3 Å². The van der Waals surface area contributed by atoms with Crippen LogP contribution in [0.4, 0.5) is 0 Å². The second-order valence-corrected chi connectivity index (χ2v) is 6.29. The van der Waals surface area contributed by atoms with E-state index in [-0.39, 0.29) is 23.8 Å². The smallest absolute Gasteiger partial charge is 0.244 e. The Morgan fingerprint density at radius 3 is 2.72 bits per heavy atom. The highest BCUT2D eigenvalue weighted by Gasteiger charge is 2.24. The Bertz CT molecular complexity index is 506. The van der Waals surface area contributed by atoms with Gasteiger partial charge in [-0.05, 0) is 18.1 Å². The van der Waals surface area contributed by atoms with Crippen molar-refractivity contribution in [1.82, 2.24) is 9.29 Å². The Morgan fingerprint density at radius 1 is 1.50 bits per heavy atom. The van der Waals surface area contributed by atoms with Gasteiger partial charge in [0.25, 0.3) is 0 Å². The van der Waals surface area contributed by atoms with Crippen molar-refractivity contribution in [2.45, 2.75) is 25.2 Å². The van der Waals surface area contributed by atoms with Crippen LogP contribution < -0.4 is 0 Å². The van der Waals surface area contributed by atoms with E-state index in [1.54, 1.807) is 6.07 Å². The number of nitrogens with zero attached hydrogens (tertiary/aromatic N) is 3. The summed E-state index contributed by atoms with van der Waals surface area (Å²) >= 11 is 0. The fraction of sp³-hybridized carbons (Fsp3) is 0.500. The molecule has 0 spiro atoms. The van der Waals surface area contributed by atoms with E-state index in [0.717, 1.165) is 0 Å². The molecule has 98 valence electrons. The minimum atomic E-state index is -3.55. The topological polar surface area (TPSA) is 74.1 Å². The van der Waals surface area contributed by atoms with E-state index in [1.807, 2.05) is 19.9 Å². The van der Waals surface area contributed by atoms with Gasteiger partial charge in [-0.15, -0.1) is 0 Å². The Kier molecular flexibility index (Phi) is 5.25. The van der Waals surface area contributed by atoms with E-state index in [9.17, 15) is 8.42 Å². The fourth-order valence-electron chi connectivity index (χ4n) is 1.54. The number of rotatable bonds is 6. The lowest BCUT2D eigenvalue weighted by Crippen LogP contribution is -2.35. The van der Waals surface area contributed by atoms with Crippen LogP contribution in [0.2, 0.25) is 0 Å². The molecule has 0 unspecified atom stereocenters. The van der Waals surface area contributed by atoms with Crippen LogP contribution in [0.25, 0.3) is 0 Å². The van der Waals surface area contributed by atoms with Crippen molar-refractivity contribution in [2.24, 2.45) is 5.92 Å². The van der Waals surface area contributed by atoms with Gasteiger partial charge in [-0.25, -0.2) is 8.42 Å². The second kappa shape index (κ2) is 6.47. The van der Waals surface area contributed by atoms with Crippen molar-refractivity contribution in [3.63, 3.8) is 0 Å². The van der Waals surface area contributed by atoms with Crippen LogP contribution in [-0.4, -0.2) is 30.8 Å². The number of pyridine rings is 1. The van der Waals surface area contributed by atoms with Crippen LogP contribution in [0.15, 0.2) is 29.4 Å².